The zero-order chi connectivity index (χ0) is 16.8. The minimum Gasteiger partial charge on any atom is -0.352 e. The molecule has 0 aliphatic rings. The summed E-state index contributed by atoms with van der Waals surface area (Å²) in [6, 6.07) is 12.4. The largest absolute Gasteiger partial charge is 0.352 e. The monoisotopic (exact) mass is 350 g/mol. The number of hydrogen-bond acceptors (Lipinski definition) is 2. The first-order valence-electron chi connectivity index (χ1n) is 7.02. The van der Waals surface area contributed by atoms with Crippen LogP contribution in [0.2, 0.25) is 10.0 Å². The van der Waals surface area contributed by atoms with Gasteiger partial charge in [-0.1, -0.05) is 47.5 Å². The molecular weight excluding hydrogens is 335 g/mol. The van der Waals surface area contributed by atoms with Crippen LogP contribution in [-0.4, -0.2) is 11.8 Å². The second-order valence-corrected chi connectivity index (χ2v) is 5.82. The van der Waals surface area contributed by atoms with E-state index in [1.165, 1.54) is 0 Å². The topological polar surface area (TPSA) is 58.2 Å². The zero-order valence-corrected chi connectivity index (χ0v) is 14.0. The summed E-state index contributed by atoms with van der Waals surface area (Å²) in [4.78, 5) is 23.8. The number of rotatable bonds is 5. The number of carbonyl (C=O) groups excluding carboxylic acids is 2. The first kappa shape index (κ1) is 17.3. The van der Waals surface area contributed by atoms with Gasteiger partial charge >= 0.3 is 0 Å². The molecule has 23 heavy (non-hydrogen) atoms. The molecule has 2 aromatic carbocycles. The molecule has 0 aromatic heterocycles. The van der Waals surface area contributed by atoms with Crippen molar-refractivity contribution in [2.75, 3.05) is 5.32 Å². The molecule has 2 N–H and O–H groups in total. The van der Waals surface area contributed by atoms with Crippen molar-refractivity contribution in [1.29, 1.82) is 0 Å². The molecule has 0 aliphatic heterocycles. The molecule has 120 valence electrons. The minimum atomic E-state index is -0.396. The molecule has 0 radical (unpaired) electrons. The Morgan fingerprint density at radius 2 is 1.65 bits per heavy atom. The maximum absolute atomic E-state index is 11.9. The molecule has 0 heterocycles. The number of halogens is 2. The second kappa shape index (κ2) is 7.99. The van der Waals surface area contributed by atoms with Gasteiger partial charge in [0.2, 0.25) is 11.8 Å². The lowest BCUT2D eigenvalue weighted by molar-refractivity contribution is -0.126. The molecule has 2 rings (SSSR count). The van der Waals surface area contributed by atoms with Gasteiger partial charge in [0.25, 0.3) is 0 Å². The molecule has 0 atom stereocenters. The Kier molecular flexibility index (Phi) is 6.02. The van der Waals surface area contributed by atoms with Crippen molar-refractivity contribution in [2.45, 2.75) is 19.9 Å². The first-order chi connectivity index (χ1) is 11.0. The van der Waals surface area contributed by atoms with E-state index in [4.69, 9.17) is 23.2 Å². The molecule has 4 nitrogen and oxygen atoms in total. The third-order valence-corrected chi connectivity index (χ3v) is 4.07. The van der Waals surface area contributed by atoms with E-state index in [-0.39, 0.29) is 18.9 Å². The number of nitrogens with one attached hydrogen (secondary N) is 2. The number of anilines is 1. The summed E-state index contributed by atoms with van der Waals surface area (Å²) in [5.74, 6) is -0.769. The molecule has 0 aliphatic carbocycles. The molecule has 0 unspecified atom stereocenters. The highest BCUT2D eigenvalue weighted by molar-refractivity contribution is 6.32. The van der Waals surface area contributed by atoms with Gasteiger partial charge in [0, 0.05) is 22.3 Å². The smallest absolute Gasteiger partial charge is 0.233 e. The SMILES string of the molecule is Cc1c(Cl)cccc1NC(=O)CC(=O)NCc1ccccc1Cl. The first-order valence-corrected chi connectivity index (χ1v) is 7.78. The molecule has 0 saturated carbocycles. The van der Waals surface area contributed by atoms with Gasteiger partial charge in [-0.2, -0.15) is 0 Å². The lowest BCUT2D eigenvalue weighted by Gasteiger charge is -2.10. The van der Waals surface area contributed by atoms with Crippen LogP contribution in [0.5, 0.6) is 0 Å². The Hall–Kier alpha value is -2.04. The second-order valence-electron chi connectivity index (χ2n) is 5.01. The van der Waals surface area contributed by atoms with Gasteiger partial charge in [-0.05, 0) is 36.2 Å². The summed E-state index contributed by atoms with van der Waals surface area (Å²) in [6.07, 6.45) is -0.267. The van der Waals surface area contributed by atoms with E-state index in [2.05, 4.69) is 10.6 Å². The van der Waals surface area contributed by atoms with Crippen molar-refractivity contribution in [2.24, 2.45) is 0 Å². The molecule has 6 heteroatoms. The van der Waals surface area contributed by atoms with Crippen molar-refractivity contribution in [3.8, 4) is 0 Å². The predicted molar refractivity (Wildman–Crippen MR) is 92.7 cm³/mol. The van der Waals surface area contributed by atoms with E-state index in [1.54, 1.807) is 31.2 Å². The highest BCUT2D eigenvalue weighted by Crippen LogP contribution is 2.23. The van der Waals surface area contributed by atoms with Crippen LogP contribution in [0, 0.1) is 6.92 Å². The van der Waals surface area contributed by atoms with Crippen LogP contribution in [0.1, 0.15) is 17.5 Å². The Balaban J connectivity index is 1.86. The van der Waals surface area contributed by atoms with Gasteiger partial charge in [-0.25, -0.2) is 0 Å². The highest BCUT2D eigenvalue weighted by atomic mass is 35.5. The lowest BCUT2D eigenvalue weighted by Crippen LogP contribution is -2.28. The maximum Gasteiger partial charge on any atom is 0.233 e. The van der Waals surface area contributed by atoms with Crippen LogP contribution in [0.25, 0.3) is 0 Å². The van der Waals surface area contributed by atoms with E-state index >= 15 is 0 Å². The van der Waals surface area contributed by atoms with Gasteiger partial charge in [0.1, 0.15) is 6.42 Å². The van der Waals surface area contributed by atoms with E-state index in [0.29, 0.717) is 15.7 Å². The Bertz CT molecular complexity index is 732. The number of amides is 2. The molecule has 2 amide bonds. The molecule has 0 fully saturated rings. The van der Waals surface area contributed by atoms with Gasteiger partial charge in [0.05, 0.1) is 0 Å². The summed E-state index contributed by atoms with van der Waals surface area (Å²) in [5, 5.41) is 6.49. The van der Waals surface area contributed by atoms with Crippen molar-refractivity contribution < 1.29 is 9.59 Å². The van der Waals surface area contributed by atoms with E-state index in [9.17, 15) is 9.59 Å². The fourth-order valence-corrected chi connectivity index (χ4v) is 2.36. The van der Waals surface area contributed by atoms with Crippen LogP contribution in [0.3, 0.4) is 0 Å². The quantitative estimate of drug-likeness (QED) is 0.802. The van der Waals surface area contributed by atoms with Crippen molar-refractivity contribution in [3.05, 3.63) is 63.6 Å². The number of carbonyl (C=O) groups is 2. The Labute approximate surface area is 144 Å². The summed E-state index contributed by atoms with van der Waals surface area (Å²) < 4.78 is 0. The van der Waals surface area contributed by atoms with Crippen LogP contribution < -0.4 is 10.6 Å². The third kappa shape index (κ3) is 4.98. The molecule has 0 bridgehead atoms. The van der Waals surface area contributed by atoms with Crippen LogP contribution in [-0.2, 0) is 16.1 Å². The summed E-state index contributed by atoms with van der Waals surface area (Å²) in [6.45, 7) is 2.08. The summed E-state index contributed by atoms with van der Waals surface area (Å²) in [5.41, 5.74) is 2.16. The van der Waals surface area contributed by atoms with E-state index in [0.717, 1.165) is 11.1 Å². The lowest BCUT2D eigenvalue weighted by atomic mass is 10.2. The van der Waals surface area contributed by atoms with Crippen molar-refractivity contribution in [3.63, 3.8) is 0 Å². The summed E-state index contributed by atoms with van der Waals surface area (Å²) in [7, 11) is 0. The molecule has 0 saturated heterocycles. The maximum atomic E-state index is 11.9. The molecule has 2 aromatic rings. The van der Waals surface area contributed by atoms with Gasteiger partial charge in [0.15, 0.2) is 0 Å². The van der Waals surface area contributed by atoms with Crippen LogP contribution >= 0.6 is 23.2 Å². The molecular formula is C17H16Cl2N2O2. The average Bonchev–Trinajstić information content (AvgIpc) is 2.51. The predicted octanol–water partition coefficient (Wildman–Crippen LogP) is 3.95. The van der Waals surface area contributed by atoms with Crippen LogP contribution in [0.4, 0.5) is 5.69 Å². The average molecular weight is 351 g/mol. The van der Waals surface area contributed by atoms with Gasteiger partial charge < -0.3 is 10.6 Å². The Morgan fingerprint density at radius 1 is 0.957 bits per heavy atom. The standard InChI is InChI=1S/C17H16Cl2N2O2/c1-11-13(18)7-4-8-15(11)21-17(23)9-16(22)20-10-12-5-2-3-6-14(12)19/h2-8H,9-10H2,1H3,(H,20,22)(H,21,23). The number of benzene rings is 2. The molecule has 0 spiro atoms. The Morgan fingerprint density at radius 3 is 2.39 bits per heavy atom. The number of hydrogen-bond donors (Lipinski definition) is 2. The highest BCUT2D eigenvalue weighted by Gasteiger charge is 2.12. The van der Waals surface area contributed by atoms with Gasteiger partial charge in [-0.3, -0.25) is 9.59 Å². The third-order valence-electron chi connectivity index (χ3n) is 3.30. The van der Waals surface area contributed by atoms with E-state index in [1.807, 2.05) is 18.2 Å². The van der Waals surface area contributed by atoms with E-state index < -0.39 is 5.91 Å². The normalized spacial score (nSPS) is 10.2. The van der Waals surface area contributed by atoms with Crippen LogP contribution in [0.15, 0.2) is 42.5 Å². The summed E-state index contributed by atoms with van der Waals surface area (Å²) >= 11 is 12.0. The van der Waals surface area contributed by atoms with Gasteiger partial charge in [-0.15, -0.1) is 0 Å². The minimum absolute atomic E-state index is 0.267. The fraction of sp³-hybridized carbons (Fsp3) is 0.176. The fourth-order valence-electron chi connectivity index (χ4n) is 1.98. The zero-order valence-electron chi connectivity index (χ0n) is 12.5. The van der Waals surface area contributed by atoms with Crippen molar-refractivity contribution >= 4 is 40.7 Å². The van der Waals surface area contributed by atoms with Crippen molar-refractivity contribution in [1.82, 2.24) is 5.32 Å².